The van der Waals surface area contributed by atoms with Gasteiger partial charge in [0.25, 0.3) is 0 Å². The number of rotatable bonds is 6. The van der Waals surface area contributed by atoms with Crippen molar-refractivity contribution in [3.05, 3.63) is 54.2 Å². The van der Waals surface area contributed by atoms with Crippen LogP contribution in [0.25, 0.3) is 22.3 Å². The van der Waals surface area contributed by atoms with Crippen molar-refractivity contribution >= 4 is 11.0 Å². The number of pyridine rings is 1. The maximum absolute atomic E-state index is 13.7. The highest BCUT2D eigenvalue weighted by Gasteiger charge is 2.32. The zero-order chi connectivity index (χ0) is 24.7. The minimum Gasteiger partial charge on any atom is -0.482 e. The predicted molar refractivity (Wildman–Crippen MR) is 123 cm³/mol. The molecule has 9 nitrogen and oxygen atoms in total. The number of fused-ring (bicyclic) bond motifs is 1. The number of halogens is 2. The molecule has 180 valence electrons. The molecule has 1 aromatic carbocycles. The van der Waals surface area contributed by atoms with Gasteiger partial charge in [0.1, 0.15) is 29.4 Å². The van der Waals surface area contributed by atoms with E-state index in [4.69, 9.17) is 4.74 Å². The summed E-state index contributed by atoms with van der Waals surface area (Å²) in [7, 11) is 0. The van der Waals surface area contributed by atoms with Gasteiger partial charge in [-0.3, -0.25) is 9.55 Å². The second kappa shape index (κ2) is 8.94. The molecule has 35 heavy (non-hydrogen) atoms. The zero-order valence-corrected chi connectivity index (χ0v) is 19.5. The van der Waals surface area contributed by atoms with E-state index in [1.165, 1.54) is 0 Å². The summed E-state index contributed by atoms with van der Waals surface area (Å²) in [6, 6.07) is 9.02. The SMILES string of the molecule is Cc1c(-c2cc(O[C@H](C)c3ccccn3)c3c(c2)ncn3C(F)F)nnn1[C@@H]1C[C@H](C)N(C#N)C1. The molecule has 5 rings (SSSR count). The van der Waals surface area contributed by atoms with Gasteiger partial charge in [0.15, 0.2) is 6.19 Å². The maximum Gasteiger partial charge on any atom is 0.320 e. The third-order valence-electron chi connectivity index (χ3n) is 6.48. The number of imidazole rings is 1. The topological polar surface area (TPSA) is 97.7 Å². The number of ether oxygens (including phenoxy) is 1. The number of nitriles is 1. The first-order valence-corrected chi connectivity index (χ1v) is 11.3. The summed E-state index contributed by atoms with van der Waals surface area (Å²) < 4.78 is 36.2. The number of hydrogen-bond donors (Lipinski definition) is 0. The van der Waals surface area contributed by atoms with Crippen molar-refractivity contribution in [2.45, 2.75) is 51.9 Å². The number of nitrogens with zero attached hydrogens (tertiary/aromatic N) is 8. The molecular formula is C24H24F2N8O. The van der Waals surface area contributed by atoms with Gasteiger partial charge in [-0.15, -0.1) is 5.10 Å². The third-order valence-corrected chi connectivity index (χ3v) is 6.48. The molecule has 0 aliphatic carbocycles. The standard InChI is InChI=1S/C24H24F2N8O/c1-14-8-18(11-32(14)12-27)34-15(2)22(30-31-34)17-9-20-23(33(13-29-20)24(25)26)21(10-17)35-16(3)19-6-4-5-7-28-19/h4-7,9-10,13-14,16,18,24H,8,11H2,1-3H3/t14-,16+,18+/m0/s1. The fraction of sp³-hybridized carbons (Fsp3) is 0.375. The van der Waals surface area contributed by atoms with E-state index in [1.807, 2.05) is 37.6 Å². The Kier molecular flexibility index (Phi) is 5.80. The maximum atomic E-state index is 13.7. The lowest BCUT2D eigenvalue weighted by Gasteiger charge is -2.17. The van der Waals surface area contributed by atoms with Crippen LogP contribution in [0, 0.1) is 18.4 Å². The first-order chi connectivity index (χ1) is 16.9. The molecule has 0 spiro atoms. The Labute approximate surface area is 200 Å². The molecule has 1 aliphatic rings. The van der Waals surface area contributed by atoms with Crippen LogP contribution in [0.4, 0.5) is 8.78 Å². The molecule has 1 saturated heterocycles. The van der Waals surface area contributed by atoms with E-state index in [9.17, 15) is 14.0 Å². The van der Waals surface area contributed by atoms with Crippen LogP contribution in [0.15, 0.2) is 42.9 Å². The lowest BCUT2D eigenvalue weighted by molar-refractivity contribution is 0.0737. The van der Waals surface area contributed by atoms with Crippen LogP contribution in [0.5, 0.6) is 5.75 Å². The highest BCUT2D eigenvalue weighted by atomic mass is 19.3. The van der Waals surface area contributed by atoms with Gasteiger partial charge in [-0.1, -0.05) is 11.3 Å². The second-order valence-corrected chi connectivity index (χ2v) is 8.75. The van der Waals surface area contributed by atoms with Gasteiger partial charge in [0.2, 0.25) is 0 Å². The van der Waals surface area contributed by atoms with Crippen molar-refractivity contribution in [1.29, 1.82) is 5.26 Å². The molecule has 4 aromatic rings. The number of benzene rings is 1. The van der Waals surface area contributed by atoms with Gasteiger partial charge in [-0.2, -0.15) is 14.0 Å². The Hall–Kier alpha value is -4.07. The van der Waals surface area contributed by atoms with Crippen LogP contribution < -0.4 is 4.74 Å². The van der Waals surface area contributed by atoms with E-state index in [2.05, 4.69) is 26.5 Å². The Morgan fingerprint density at radius 1 is 1.23 bits per heavy atom. The van der Waals surface area contributed by atoms with Gasteiger partial charge >= 0.3 is 6.55 Å². The van der Waals surface area contributed by atoms with E-state index in [1.54, 1.807) is 29.3 Å². The third kappa shape index (κ3) is 4.05. The van der Waals surface area contributed by atoms with Gasteiger partial charge in [-0.25, -0.2) is 9.67 Å². The zero-order valence-electron chi connectivity index (χ0n) is 19.5. The summed E-state index contributed by atoms with van der Waals surface area (Å²) in [5.41, 5.74) is 3.33. The normalized spacial score (nSPS) is 18.8. The summed E-state index contributed by atoms with van der Waals surface area (Å²) >= 11 is 0. The number of hydrogen-bond acceptors (Lipinski definition) is 7. The summed E-state index contributed by atoms with van der Waals surface area (Å²) in [6.45, 7) is 3.53. The molecule has 3 atom stereocenters. The molecule has 1 aliphatic heterocycles. The minimum atomic E-state index is -2.77. The monoisotopic (exact) mass is 478 g/mol. The summed E-state index contributed by atoms with van der Waals surface area (Å²) in [4.78, 5) is 10.3. The average molecular weight is 479 g/mol. The summed E-state index contributed by atoms with van der Waals surface area (Å²) in [6.07, 6.45) is 5.29. The Balaban J connectivity index is 1.56. The molecule has 0 unspecified atom stereocenters. The van der Waals surface area contributed by atoms with E-state index in [0.717, 1.165) is 23.0 Å². The fourth-order valence-electron chi connectivity index (χ4n) is 4.65. The smallest absolute Gasteiger partial charge is 0.320 e. The lowest BCUT2D eigenvalue weighted by atomic mass is 10.1. The molecular weight excluding hydrogens is 454 g/mol. The first kappa shape index (κ1) is 22.7. The van der Waals surface area contributed by atoms with Gasteiger partial charge < -0.3 is 9.64 Å². The molecule has 11 heteroatoms. The molecule has 3 aromatic heterocycles. The van der Waals surface area contributed by atoms with Crippen LogP contribution in [0.2, 0.25) is 0 Å². The number of aromatic nitrogens is 6. The van der Waals surface area contributed by atoms with Gasteiger partial charge in [-0.05, 0) is 51.5 Å². The second-order valence-electron chi connectivity index (χ2n) is 8.75. The largest absolute Gasteiger partial charge is 0.482 e. The van der Waals surface area contributed by atoms with Crippen molar-refractivity contribution in [1.82, 2.24) is 34.4 Å². The Bertz CT molecular complexity index is 1390. The quantitative estimate of drug-likeness (QED) is 0.372. The molecule has 0 bridgehead atoms. The van der Waals surface area contributed by atoms with Gasteiger partial charge in [0, 0.05) is 17.8 Å². The highest BCUT2D eigenvalue weighted by Crippen LogP contribution is 2.37. The van der Waals surface area contributed by atoms with Crippen LogP contribution in [-0.2, 0) is 0 Å². The predicted octanol–water partition coefficient (Wildman–Crippen LogP) is 4.65. The van der Waals surface area contributed by atoms with E-state index in [0.29, 0.717) is 29.0 Å². The molecule has 0 N–H and O–H groups in total. The molecule has 0 amide bonds. The van der Waals surface area contributed by atoms with Crippen molar-refractivity contribution in [2.75, 3.05) is 6.54 Å². The van der Waals surface area contributed by atoms with Gasteiger partial charge in [0.05, 0.1) is 29.5 Å². The van der Waals surface area contributed by atoms with E-state index >= 15 is 0 Å². The number of alkyl halides is 2. The van der Waals surface area contributed by atoms with Crippen molar-refractivity contribution in [3.63, 3.8) is 0 Å². The first-order valence-electron chi connectivity index (χ1n) is 11.3. The Morgan fingerprint density at radius 3 is 2.74 bits per heavy atom. The molecule has 1 fully saturated rings. The summed E-state index contributed by atoms with van der Waals surface area (Å²) in [5, 5.41) is 18.1. The Morgan fingerprint density at radius 2 is 2.06 bits per heavy atom. The van der Waals surface area contributed by atoms with Crippen LogP contribution in [0.3, 0.4) is 0 Å². The molecule has 0 radical (unpaired) electrons. The number of likely N-dealkylation sites (tertiary alicyclic amines) is 1. The fourth-order valence-corrected chi connectivity index (χ4v) is 4.65. The summed E-state index contributed by atoms with van der Waals surface area (Å²) in [5.74, 6) is 0.257. The molecule has 0 saturated carbocycles. The van der Waals surface area contributed by atoms with Crippen LogP contribution >= 0.6 is 0 Å². The molecule has 4 heterocycles. The van der Waals surface area contributed by atoms with Crippen molar-refractivity contribution < 1.29 is 13.5 Å². The van der Waals surface area contributed by atoms with Crippen molar-refractivity contribution in [2.24, 2.45) is 0 Å². The van der Waals surface area contributed by atoms with Crippen LogP contribution in [-0.4, -0.2) is 47.0 Å². The minimum absolute atomic E-state index is 0.0209. The van der Waals surface area contributed by atoms with E-state index < -0.39 is 12.7 Å². The average Bonchev–Trinajstić information content (AvgIpc) is 3.55. The highest BCUT2D eigenvalue weighted by molar-refractivity contribution is 5.87. The van der Waals surface area contributed by atoms with Crippen molar-refractivity contribution in [3.8, 4) is 23.2 Å². The lowest BCUT2D eigenvalue weighted by Crippen LogP contribution is -2.21. The van der Waals surface area contributed by atoms with E-state index in [-0.39, 0.29) is 23.3 Å². The van der Waals surface area contributed by atoms with Crippen LogP contribution in [0.1, 0.15) is 50.4 Å².